The minimum absolute atomic E-state index is 0.0257. The van der Waals surface area contributed by atoms with E-state index in [2.05, 4.69) is 5.10 Å². The van der Waals surface area contributed by atoms with Gasteiger partial charge in [-0.3, -0.25) is 4.68 Å². The minimum atomic E-state index is -1.04. The van der Waals surface area contributed by atoms with Crippen LogP contribution >= 0.6 is 0 Å². The van der Waals surface area contributed by atoms with Gasteiger partial charge in [-0.05, 0) is 37.1 Å². The number of benzene rings is 1. The van der Waals surface area contributed by atoms with E-state index in [1.165, 1.54) is 0 Å². The third kappa shape index (κ3) is 2.19. The van der Waals surface area contributed by atoms with Gasteiger partial charge in [-0.25, -0.2) is 4.79 Å². The second kappa shape index (κ2) is 4.76. The lowest BCUT2D eigenvalue weighted by molar-refractivity contribution is 0.0689. The van der Waals surface area contributed by atoms with E-state index >= 15 is 0 Å². The van der Waals surface area contributed by atoms with Crippen molar-refractivity contribution in [1.82, 2.24) is 9.78 Å². The Bertz CT molecular complexity index is 644. The van der Waals surface area contributed by atoms with Crippen molar-refractivity contribution in [2.45, 2.75) is 13.8 Å². The number of carboxylic acids is 1. The number of nitrogens with zero attached hydrogens (tertiary/aromatic N) is 2. The Morgan fingerprint density at radius 3 is 2.58 bits per heavy atom. The molecule has 1 aromatic carbocycles. The predicted molar refractivity (Wildman–Crippen MR) is 71.6 cm³/mol. The highest BCUT2D eigenvalue weighted by Gasteiger charge is 2.17. The van der Waals surface area contributed by atoms with Crippen LogP contribution in [0, 0.1) is 13.8 Å². The summed E-state index contributed by atoms with van der Waals surface area (Å²) in [5, 5.41) is 13.0. The number of hydrogen-bond acceptors (Lipinski definition) is 3. The first-order valence-electron chi connectivity index (χ1n) is 5.87. The Balaban J connectivity index is 2.65. The molecule has 0 amide bonds. The van der Waals surface area contributed by atoms with Gasteiger partial charge < -0.3 is 9.84 Å². The van der Waals surface area contributed by atoms with E-state index in [4.69, 9.17) is 9.84 Å². The molecule has 2 aromatic rings. The molecular formula is C14H16N2O3. The summed E-state index contributed by atoms with van der Waals surface area (Å²) in [6, 6.07) is 5.46. The highest BCUT2D eigenvalue weighted by Crippen LogP contribution is 2.34. The zero-order valence-electron chi connectivity index (χ0n) is 11.4. The van der Waals surface area contributed by atoms with Crippen LogP contribution in [0.3, 0.4) is 0 Å². The van der Waals surface area contributed by atoms with Crippen molar-refractivity contribution in [2.24, 2.45) is 7.05 Å². The lowest BCUT2D eigenvalue weighted by Gasteiger charge is -2.13. The molecule has 5 heteroatoms. The molecule has 5 nitrogen and oxygen atoms in total. The van der Waals surface area contributed by atoms with E-state index in [0.29, 0.717) is 0 Å². The standard InChI is InChI=1S/C14H16N2O3/c1-8-5-6-10(13(19-4)9(8)2)12-7-11(14(17)18)15-16(12)3/h5-7H,1-4H3,(H,17,18). The second-order valence-corrected chi connectivity index (χ2v) is 4.43. The zero-order valence-corrected chi connectivity index (χ0v) is 11.4. The zero-order chi connectivity index (χ0) is 14.2. The molecule has 0 aliphatic carbocycles. The third-order valence-electron chi connectivity index (χ3n) is 3.26. The molecule has 19 heavy (non-hydrogen) atoms. The summed E-state index contributed by atoms with van der Waals surface area (Å²) in [4.78, 5) is 11.0. The van der Waals surface area contributed by atoms with Gasteiger partial charge in [0.25, 0.3) is 0 Å². The first-order valence-corrected chi connectivity index (χ1v) is 5.87. The predicted octanol–water partition coefficient (Wildman–Crippen LogP) is 2.41. The smallest absolute Gasteiger partial charge is 0.356 e. The average Bonchev–Trinajstić information content (AvgIpc) is 2.75. The van der Waals surface area contributed by atoms with E-state index in [9.17, 15) is 4.79 Å². The van der Waals surface area contributed by atoms with Crippen molar-refractivity contribution >= 4 is 5.97 Å². The molecule has 0 saturated heterocycles. The van der Waals surface area contributed by atoms with Gasteiger partial charge in [0.2, 0.25) is 0 Å². The van der Waals surface area contributed by atoms with E-state index < -0.39 is 5.97 Å². The number of aryl methyl sites for hydroxylation is 2. The monoisotopic (exact) mass is 260 g/mol. The molecule has 0 spiro atoms. The normalized spacial score (nSPS) is 10.5. The fourth-order valence-corrected chi connectivity index (χ4v) is 2.08. The lowest BCUT2D eigenvalue weighted by Crippen LogP contribution is -2.00. The number of rotatable bonds is 3. The minimum Gasteiger partial charge on any atom is -0.496 e. The molecule has 0 unspecified atom stereocenters. The van der Waals surface area contributed by atoms with Gasteiger partial charge in [0.05, 0.1) is 12.8 Å². The molecular weight excluding hydrogens is 244 g/mol. The Morgan fingerprint density at radius 1 is 1.37 bits per heavy atom. The van der Waals surface area contributed by atoms with Crippen molar-refractivity contribution in [3.8, 4) is 17.0 Å². The van der Waals surface area contributed by atoms with E-state index in [0.717, 1.165) is 28.1 Å². The van der Waals surface area contributed by atoms with Gasteiger partial charge in [0.1, 0.15) is 5.75 Å². The summed E-state index contributed by atoms with van der Waals surface area (Å²) in [7, 11) is 3.33. The Kier molecular flexibility index (Phi) is 3.29. The highest BCUT2D eigenvalue weighted by atomic mass is 16.5. The van der Waals surface area contributed by atoms with Gasteiger partial charge in [0, 0.05) is 12.6 Å². The largest absolute Gasteiger partial charge is 0.496 e. The van der Waals surface area contributed by atoms with Crippen LogP contribution in [-0.4, -0.2) is 28.0 Å². The van der Waals surface area contributed by atoms with Crippen molar-refractivity contribution in [3.05, 3.63) is 35.0 Å². The van der Waals surface area contributed by atoms with Crippen LogP contribution in [0.5, 0.6) is 5.75 Å². The number of methoxy groups -OCH3 is 1. The average molecular weight is 260 g/mol. The topological polar surface area (TPSA) is 64.3 Å². The molecule has 0 atom stereocenters. The molecule has 100 valence electrons. The number of carbonyl (C=O) groups is 1. The summed E-state index contributed by atoms with van der Waals surface area (Å²) in [6.45, 7) is 3.99. The van der Waals surface area contributed by atoms with Crippen LogP contribution in [0.4, 0.5) is 0 Å². The van der Waals surface area contributed by atoms with Crippen molar-refractivity contribution < 1.29 is 14.6 Å². The molecule has 0 bridgehead atoms. The van der Waals surface area contributed by atoms with Crippen molar-refractivity contribution in [2.75, 3.05) is 7.11 Å². The summed E-state index contributed by atoms with van der Waals surface area (Å²) < 4.78 is 7.00. The van der Waals surface area contributed by atoms with Crippen LogP contribution in [0.2, 0.25) is 0 Å². The summed E-state index contributed by atoms with van der Waals surface area (Å²) >= 11 is 0. The molecule has 1 heterocycles. The van der Waals surface area contributed by atoms with Crippen LogP contribution in [0.15, 0.2) is 18.2 Å². The van der Waals surface area contributed by atoms with Gasteiger partial charge in [-0.1, -0.05) is 6.07 Å². The first-order chi connectivity index (χ1) is 8.95. The SMILES string of the molecule is COc1c(-c2cc(C(=O)O)nn2C)ccc(C)c1C. The molecule has 0 fully saturated rings. The van der Waals surface area contributed by atoms with Crippen LogP contribution in [-0.2, 0) is 7.05 Å². The Labute approximate surface area is 111 Å². The Hall–Kier alpha value is -2.30. The van der Waals surface area contributed by atoms with Gasteiger partial charge in [-0.15, -0.1) is 0 Å². The third-order valence-corrected chi connectivity index (χ3v) is 3.26. The molecule has 2 rings (SSSR count). The van der Waals surface area contributed by atoms with E-state index in [1.54, 1.807) is 24.9 Å². The fourth-order valence-electron chi connectivity index (χ4n) is 2.08. The number of hydrogen-bond donors (Lipinski definition) is 1. The quantitative estimate of drug-likeness (QED) is 0.920. The molecule has 1 aromatic heterocycles. The maximum Gasteiger partial charge on any atom is 0.356 e. The van der Waals surface area contributed by atoms with Crippen molar-refractivity contribution in [3.63, 3.8) is 0 Å². The number of carboxylic acid groups (broad SMARTS) is 1. The number of aromatic nitrogens is 2. The van der Waals surface area contributed by atoms with E-state index in [1.807, 2.05) is 26.0 Å². The molecule has 0 aliphatic rings. The molecule has 0 radical (unpaired) electrons. The first kappa shape index (κ1) is 13.1. The fraction of sp³-hybridized carbons (Fsp3) is 0.286. The number of aromatic carboxylic acids is 1. The number of ether oxygens (including phenoxy) is 1. The second-order valence-electron chi connectivity index (χ2n) is 4.43. The molecule has 0 aliphatic heterocycles. The molecule has 1 N–H and O–H groups in total. The highest BCUT2D eigenvalue weighted by molar-refractivity contribution is 5.87. The maximum absolute atomic E-state index is 11.0. The summed E-state index contributed by atoms with van der Waals surface area (Å²) in [5.41, 5.74) is 3.75. The van der Waals surface area contributed by atoms with Crippen LogP contribution < -0.4 is 4.74 Å². The molecule has 0 saturated carbocycles. The van der Waals surface area contributed by atoms with Crippen LogP contribution in [0.1, 0.15) is 21.6 Å². The Morgan fingerprint density at radius 2 is 2.05 bits per heavy atom. The summed E-state index contributed by atoms with van der Waals surface area (Å²) in [5.74, 6) is -0.287. The van der Waals surface area contributed by atoms with Crippen molar-refractivity contribution in [1.29, 1.82) is 0 Å². The maximum atomic E-state index is 11.0. The van der Waals surface area contributed by atoms with Gasteiger partial charge >= 0.3 is 5.97 Å². The van der Waals surface area contributed by atoms with Gasteiger partial charge in [0.15, 0.2) is 5.69 Å². The summed E-state index contributed by atoms with van der Waals surface area (Å²) in [6.07, 6.45) is 0. The lowest BCUT2D eigenvalue weighted by atomic mass is 10.0. The van der Waals surface area contributed by atoms with E-state index in [-0.39, 0.29) is 5.69 Å². The van der Waals surface area contributed by atoms with Crippen LogP contribution in [0.25, 0.3) is 11.3 Å². The van der Waals surface area contributed by atoms with Gasteiger partial charge in [-0.2, -0.15) is 5.10 Å².